The first-order chi connectivity index (χ1) is 35.1. The van der Waals surface area contributed by atoms with Gasteiger partial charge in [0.15, 0.2) is 0 Å². The Morgan fingerprint density at radius 1 is 0.486 bits per heavy atom. The summed E-state index contributed by atoms with van der Waals surface area (Å²) >= 11 is 0. The van der Waals surface area contributed by atoms with E-state index in [9.17, 15) is 35.0 Å². The van der Waals surface area contributed by atoms with Crippen molar-refractivity contribution in [2.24, 2.45) is 0 Å². The molecule has 0 bridgehead atoms. The number of non-ortho nitro benzene ring substituents is 1. The van der Waals surface area contributed by atoms with E-state index >= 15 is 0 Å². The molecule has 22 heteroatoms. The molecule has 5 aromatic rings. The van der Waals surface area contributed by atoms with E-state index in [4.69, 9.17) is 56.8 Å². The molecule has 4 aromatic carbocycles. The fourth-order valence-corrected chi connectivity index (χ4v) is 9.03. The van der Waals surface area contributed by atoms with Crippen molar-refractivity contribution in [1.82, 2.24) is 9.13 Å². The number of aromatic hydroxyl groups is 1. The number of rotatable bonds is 35. The largest absolute Gasteiger partial charge is 0.494 e. The molecular weight excluding hydrogens is 945 g/mol. The maximum absolute atomic E-state index is 14.8. The molecule has 390 valence electrons. The molecule has 0 amide bonds. The molecule has 1 aliphatic carbocycles. The smallest absolute Gasteiger partial charge is 0.278 e. The van der Waals surface area contributed by atoms with Crippen LogP contribution in [0.1, 0.15) is 12.1 Å². The number of ether oxygens (including phenoxy) is 12. The number of hydrogen-bond acceptors (Lipinski definition) is 19. The van der Waals surface area contributed by atoms with Gasteiger partial charge in [-0.25, -0.2) is 0 Å². The van der Waals surface area contributed by atoms with Crippen LogP contribution < -0.4 is 22.0 Å². The molecule has 0 saturated heterocycles. The molecule has 0 radical (unpaired) electrons. The van der Waals surface area contributed by atoms with Gasteiger partial charge < -0.3 is 67.4 Å². The molecule has 2 N–H and O–H groups in total. The van der Waals surface area contributed by atoms with E-state index in [1.807, 2.05) is 0 Å². The van der Waals surface area contributed by atoms with Crippen LogP contribution >= 0.6 is 0 Å². The normalized spacial score (nSPS) is 12.4. The summed E-state index contributed by atoms with van der Waals surface area (Å²) in [4.78, 5) is 56.9. The summed E-state index contributed by atoms with van der Waals surface area (Å²) in [7, 11) is 6.25. The zero-order chi connectivity index (χ0) is 51.1. The predicted molar refractivity (Wildman–Crippen MR) is 265 cm³/mol. The number of aromatic nitrogens is 2. The van der Waals surface area contributed by atoms with Gasteiger partial charge in [-0.3, -0.25) is 33.6 Å². The van der Waals surface area contributed by atoms with E-state index in [2.05, 4.69) is 0 Å². The minimum atomic E-state index is -0.913. The van der Waals surface area contributed by atoms with Crippen LogP contribution in [0.3, 0.4) is 0 Å². The van der Waals surface area contributed by atoms with Gasteiger partial charge in [-0.2, -0.15) is 0 Å². The molecule has 0 spiro atoms. The van der Waals surface area contributed by atoms with Crippen LogP contribution in [0.25, 0.3) is 65.0 Å². The van der Waals surface area contributed by atoms with Gasteiger partial charge in [0, 0.05) is 72.4 Å². The van der Waals surface area contributed by atoms with Gasteiger partial charge in [-0.05, 0) is 29.0 Å². The molecule has 0 fully saturated rings. The number of hydrogen-bond donors (Lipinski definition) is 2. The first kappa shape index (κ1) is 54.2. The third kappa shape index (κ3) is 11.8. The highest BCUT2D eigenvalue weighted by Gasteiger charge is 2.32. The Morgan fingerprint density at radius 3 is 1.36 bits per heavy atom. The molecule has 2 heterocycles. The molecule has 0 unspecified atom stereocenters. The molecule has 2 aliphatic rings. The maximum Gasteiger partial charge on any atom is 0.278 e. The second-order valence-corrected chi connectivity index (χ2v) is 16.8. The number of pyridine rings is 2. The lowest BCUT2D eigenvalue weighted by Crippen LogP contribution is -2.42. The SMILES string of the molecule is COCCOCCOCC(COCCOCCOC)n1c(O)c2cc([N+](=O)[O-])c3c4ccc5c6c4c(c(=N)cc-6c(=O)n(C(COCCOCCOC)COCCOCCOC)c5=O)c4ccc(c1=O)c2c43. The third-order valence-electron chi connectivity index (χ3n) is 12.3. The fourth-order valence-electron chi connectivity index (χ4n) is 9.03. The highest BCUT2D eigenvalue weighted by molar-refractivity contribution is 6.39. The van der Waals surface area contributed by atoms with Crippen LogP contribution in [0.2, 0.25) is 0 Å². The van der Waals surface area contributed by atoms with Crippen molar-refractivity contribution in [3.8, 4) is 17.0 Å². The Balaban J connectivity index is 1.34. The van der Waals surface area contributed by atoms with Crippen molar-refractivity contribution in [3.63, 3.8) is 0 Å². The van der Waals surface area contributed by atoms with Crippen molar-refractivity contribution >= 4 is 59.5 Å². The van der Waals surface area contributed by atoms with Gasteiger partial charge in [0.25, 0.3) is 22.4 Å². The van der Waals surface area contributed by atoms with Crippen molar-refractivity contribution in [2.75, 3.05) is 161 Å². The Morgan fingerprint density at radius 2 is 0.889 bits per heavy atom. The van der Waals surface area contributed by atoms with Gasteiger partial charge in [0.2, 0.25) is 5.88 Å². The minimum absolute atomic E-state index is 0.00725. The standard InChI is InChI=1S/C50H62N4O18/c1-61-9-13-65-17-21-69-27-31(28-70-22-18-66-14-10-62-2)52-47(55)35-8-6-34-44-40(54(59)60)26-38-42-36(7-5-33(46(42)44)43-39(51)25-37(49(52)57)41(35)45(34)43)48(56)53(50(38)58)32(29-71-23-19-67-15-11-63-3)30-72-24-20-68-16-12-64-4/h5-8,25-26,31-32,51,58H,9-24,27-30H2,1-4H3. The van der Waals surface area contributed by atoms with Gasteiger partial charge in [0.1, 0.15) is 0 Å². The summed E-state index contributed by atoms with van der Waals surface area (Å²) in [6.45, 7) is 4.14. The third-order valence-corrected chi connectivity index (χ3v) is 12.3. The van der Waals surface area contributed by atoms with Crippen LogP contribution in [0, 0.1) is 15.5 Å². The van der Waals surface area contributed by atoms with E-state index in [1.165, 1.54) is 18.2 Å². The predicted octanol–water partition coefficient (Wildman–Crippen LogP) is 3.45. The highest BCUT2D eigenvalue weighted by Crippen LogP contribution is 2.49. The first-order valence-corrected chi connectivity index (χ1v) is 23.6. The van der Waals surface area contributed by atoms with Crippen LogP contribution in [0.15, 0.2) is 50.8 Å². The highest BCUT2D eigenvalue weighted by atomic mass is 16.6. The molecule has 72 heavy (non-hydrogen) atoms. The van der Waals surface area contributed by atoms with Crippen LogP contribution in [0.4, 0.5) is 5.69 Å². The summed E-state index contributed by atoms with van der Waals surface area (Å²) in [6.07, 6.45) is 0. The van der Waals surface area contributed by atoms with Crippen LogP contribution in [-0.4, -0.2) is 180 Å². The van der Waals surface area contributed by atoms with Crippen molar-refractivity contribution in [1.29, 1.82) is 5.41 Å². The van der Waals surface area contributed by atoms with Crippen LogP contribution in [0.5, 0.6) is 5.88 Å². The molecular formula is C50H62N4O18. The van der Waals surface area contributed by atoms with Crippen molar-refractivity contribution < 1.29 is 66.9 Å². The summed E-state index contributed by atoms with van der Waals surface area (Å²) in [6, 6.07) is 7.03. The number of nitrogens with zero attached hydrogens (tertiary/aromatic N) is 3. The van der Waals surface area contributed by atoms with E-state index < -0.39 is 45.3 Å². The topological polar surface area (TPSA) is 259 Å². The Hall–Kier alpha value is -5.60. The average Bonchev–Trinajstić information content (AvgIpc) is 3.37. The van der Waals surface area contributed by atoms with Gasteiger partial charge in [-0.1, -0.05) is 12.1 Å². The maximum atomic E-state index is 14.8. The zero-order valence-electron chi connectivity index (χ0n) is 41.0. The van der Waals surface area contributed by atoms with E-state index in [1.54, 1.807) is 46.6 Å². The Bertz CT molecular complexity index is 3040. The van der Waals surface area contributed by atoms with E-state index in [0.717, 1.165) is 9.13 Å². The summed E-state index contributed by atoms with van der Waals surface area (Å²) in [5.41, 5.74) is -2.12. The summed E-state index contributed by atoms with van der Waals surface area (Å²) < 4.78 is 68.1. The van der Waals surface area contributed by atoms with E-state index in [-0.39, 0.29) is 133 Å². The lowest BCUT2D eigenvalue weighted by molar-refractivity contribution is -0.382. The zero-order valence-corrected chi connectivity index (χ0v) is 41.0. The second kappa shape index (κ2) is 26.4. The number of nitrogens with one attached hydrogen (secondary N) is 1. The average molecular weight is 1010 g/mol. The fraction of sp³-hybridized carbons (Fsp3) is 0.520. The second-order valence-electron chi connectivity index (χ2n) is 16.8. The molecule has 0 saturated carbocycles. The van der Waals surface area contributed by atoms with Gasteiger partial charge in [0.05, 0.1) is 171 Å². The Labute approximate surface area is 412 Å². The molecule has 0 atom stereocenters. The van der Waals surface area contributed by atoms with E-state index in [0.29, 0.717) is 69.0 Å². The van der Waals surface area contributed by atoms with Crippen LogP contribution in [-0.2, 0) is 56.8 Å². The number of fused-ring (bicyclic) bond motifs is 2. The molecule has 22 nitrogen and oxygen atoms in total. The minimum Gasteiger partial charge on any atom is -0.494 e. The summed E-state index contributed by atoms with van der Waals surface area (Å²) in [5.74, 6) is -0.553. The molecule has 1 aliphatic heterocycles. The number of benzene rings is 5. The van der Waals surface area contributed by atoms with Crippen molar-refractivity contribution in [3.05, 3.63) is 82.9 Å². The first-order valence-electron chi connectivity index (χ1n) is 23.6. The number of methoxy groups -OCH3 is 4. The lowest BCUT2D eigenvalue weighted by atomic mass is 9.83. The molecule has 1 aromatic heterocycles. The number of nitro groups is 1. The summed E-state index contributed by atoms with van der Waals surface area (Å²) in [5, 5.41) is 36.9. The van der Waals surface area contributed by atoms with Gasteiger partial charge >= 0.3 is 0 Å². The number of nitro benzene ring substituents is 1. The Kier molecular flexibility index (Phi) is 19.9. The molecule has 7 rings (SSSR count). The quantitative estimate of drug-likeness (QED) is 0.0190. The van der Waals surface area contributed by atoms with Gasteiger partial charge in [-0.15, -0.1) is 0 Å². The lowest BCUT2D eigenvalue weighted by Gasteiger charge is -2.25. The van der Waals surface area contributed by atoms with Crippen molar-refractivity contribution in [2.45, 2.75) is 12.1 Å². The monoisotopic (exact) mass is 1010 g/mol.